The Bertz CT molecular complexity index is 450. The predicted molar refractivity (Wildman–Crippen MR) is 75.8 cm³/mol. The van der Waals surface area contributed by atoms with Gasteiger partial charge in [-0.15, -0.1) is 0 Å². The van der Waals surface area contributed by atoms with Gasteiger partial charge in [0.15, 0.2) is 0 Å². The van der Waals surface area contributed by atoms with Crippen LogP contribution in [0.2, 0.25) is 0 Å². The predicted octanol–water partition coefficient (Wildman–Crippen LogP) is 2.36. The van der Waals surface area contributed by atoms with Crippen LogP contribution in [0.4, 0.5) is 17.5 Å². The van der Waals surface area contributed by atoms with Crippen molar-refractivity contribution in [2.45, 2.75) is 34.1 Å². The molecule has 1 aromatic rings. The summed E-state index contributed by atoms with van der Waals surface area (Å²) >= 11 is 0. The second-order valence-corrected chi connectivity index (χ2v) is 4.17. The van der Waals surface area contributed by atoms with E-state index in [-0.39, 0.29) is 5.69 Å². The van der Waals surface area contributed by atoms with E-state index in [4.69, 9.17) is 0 Å². The topological polar surface area (TPSA) is 84.2 Å². The molecule has 19 heavy (non-hydrogen) atoms. The molecule has 0 atom stereocenters. The van der Waals surface area contributed by atoms with Crippen molar-refractivity contribution < 1.29 is 4.92 Å². The minimum absolute atomic E-state index is 0.00282. The highest BCUT2D eigenvalue weighted by Gasteiger charge is 2.25. The lowest BCUT2D eigenvalue weighted by Gasteiger charge is -2.21. The maximum Gasteiger partial charge on any atom is 0.332 e. The molecule has 106 valence electrons. The number of hydrogen-bond acceptors (Lipinski definition) is 6. The third kappa shape index (κ3) is 3.52. The zero-order valence-electron chi connectivity index (χ0n) is 11.9. The normalized spacial score (nSPS) is 10.3. The van der Waals surface area contributed by atoms with Gasteiger partial charge in [0.25, 0.3) is 0 Å². The van der Waals surface area contributed by atoms with E-state index >= 15 is 0 Å². The van der Waals surface area contributed by atoms with Crippen molar-refractivity contribution in [3.05, 3.63) is 15.8 Å². The second kappa shape index (κ2) is 6.86. The molecule has 0 spiro atoms. The standard InChI is InChI=1S/C12H21N5O2/c1-5-8-16(7-3)11-10(17(18)19)9(4)14-12(15-11)13-6-2/h5-8H2,1-4H3,(H,13,14,15). The molecule has 0 radical (unpaired) electrons. The molecule has 7 heteroatoms. The Labute approximate surface area is 113 Å². The Morgan fingerprint density at radius 3 is 2.47 bits per heavy atom. The molecular weight excluding hydrogens is 246 g/mol. The minimum Gasteiger partial charge on any atom is -0.354 e. The van der Waals surface area contributed by atoms with Crippen LogP contribution in [0, 0.1) is 17.0 Å². The van der Waals surface area contributed by atoms with Crippen LogP contribution in [-0.2, 0) is 0 Å². The number of rotatable bonds is 7. The number of nitrogens with one attached hydrogen (secondary N) is 1. The van der Waals surface area contributed by atoms with E-state index in [1.165, 1.54) is 0 Å². The van der Waals surface area contributed by atoms with Crippen LogP contribution >= 0.6 is 0 Å². The lowest BCUT2D eigenvalue weighted by atomic mass is 10.3. The maximum absolute atomic E-state index is 11.2. The Kier molecular flexibility index (Phi) is 5.47. The average Bonchev–Trinajstić information content (AvgIpc) is 2.35. The lowest BCUT2D eigenvalue weighted by Crippen LogP contribution is -2.26. The van der Waals surface area contributed by atoms with Crippen molar-refractivity contribution in [3.8, 4) is 0 Å². The highest BCUT2D eigenvalue weighted by Crippen LogP contribution is 2.29. The van der Waals surface area contributed by atoms with Gasteiger partial charge >= 0.3 is 5.69 Å². The summed E-state index contributed by atoms with van der Waals surface area (Å²) in [6, 6.07) is 0. The number of aryl methyl sites for hydroxylation is 1. The third-order valence-corrected chi connectivity index (χ3v) is 2.73. The fraction of sp³-hybridized carbons (Fsp3) is 0.667. The van der Waals surface area contributed by atoms with Gasteiger partial charge in [0, 0.05) is 19.6 Å². The van der Waals surface area contributed by atoms with Crippen LogP contribution in [0.15, 0.2) is 0 Å². The van der Waals surface area contributed by atoms with Gasteiger partial charge in [-0.3, -0.25) is 10.1 Å². The summed E-state index contributed by atoms with van der Waals surface area (Å²) < 4.78 is 0. The first-order valence-electron chi connectivity index (χ1n) is 6.56. The fourth-order valence-corrected chi connectivity index (χ4v) is 1.91. The molecule has 0 saturated carbocycles. The van der Waals surface area contributed by atoms with Crippen molar-refractivity contribution in [1.29, 1.82) is 0 Å². The molecule has 0 unspecified atom stereocenters. The van der Waals surface area contributed by atoms with Gasteiger partial charge in [0.05, 0.1) is 4.92 Å². The first kappa shape index (κ1) is 15.1. The van der Waals surface area contributed by atoms with E-state index in [0.29, 0.717) is 30.5 Å². The molecule has 0 fully saturated rings. The lowest BCUT2D eigenvalue weighted by molar-refractivity contribution is -0.385. The van der Waals surface area contributed by atoms with Gasteiger partial charge in [0.2, 0.25) is 11.8 Å². The molecule has 0 aliphatic carbocycles. The van der Waals surface area contributed by atoms with Crippen LogP contribution in [0.1, 0.15) is 32.9 Å². The molecule has 1 heterocycles. The Balaban J connectivity index is 3.33. The van der Waals surface area contributed by atoms with E-state index in [1.807, 2.05) is 25.7 Å². The van der Waals surface area contributed by atoms with Crippen molar-refractivity contribution in [2.75, 3.05) is 29.9 Å². The van der Waals surface area contributed by atoms with Crippen LogP contribution in [0.5, 0.6) is 0 Å². The van der Waals surface area contributed by atoms with Crippen LogP contribution in [-0.4, -0.2) is 34.5 Å². The number of anilines is 2. The summed E-state index contributed by atoms with van der Waals surface area (Å²) in [6.45, 7) is 9.66. The monoisotopic (exact) mass is 267 g/mol. The van der Waals surface area contributed by atoms with E-state index in [0.717, 1.165) is 13.0 Å². The number of nitrogens with zero attached hydrogens (tertiary/aromatic N) is 4. The van der Waals surface area contributed by atoms with Crippen molar-refractivity contribution >= 4 is 17.5 Å². The van der Waals surface area contributed by atoms with Gasteiger partial charge < -0.3 is 10.2 Å². The van der Waals surface area contributed by atoms with E-state index in [2.05, 4.69) is 15.3 Å². The summed E-state index contributed by atoms with van der Waals surface area (Å²) in [5.41, 5.74) is 0.387. The Morgan fingerprint density at radius 1 is 1.32 bits per heavy atom. The zero-order valence-corrected chi connectivity index (χ0v) is 11.9. The van der Waals surface area contributed by atoms with Crippen LogP contribution in [0.25, 0.3) is 0 Å². The zero-order chi connectivity index (χ0) is 14.4. The van der Waals surface area contributed by atoms with Gasteiger partial charge in [-0.05, 0) is 27.2 Å². The highest BCUT2D eigenvalue weighted by molar-refractivity contribution is 5.62. The summed E-state index contributed by atoms with van der Waals surface area (Å²) in [7, 11) is 0. The largest absolute Gasteiger partial charge is 0.354 e. The molecule has 0 bridgehead atoms. The number of hydrogen-bond donors (Lipinski definition) is 1. The van der Waals surface area contributed by atoms with Gasteiger partial charge in [0.1, 0.15) is 5.69 Å². The van der Waals surface area contributed by atoms with Crippen LogP contribution in [0.3, 0.4) is 0 Å². The first-order valence-corrected chi connectivity index (χ1v) is 6.56. The second-order valence-electron chi connectivity index (χ2n) is 4.17. The van der Waals surface area contributed by atoms with Crippen molar-refractivity contribution in [2.24, 2.45) is 0 Å². The molecule has 1 rings (SSSR count). The number of aromatic nitrogens is 2. The van der Waals surface area contributed by atoms with Crippen molar-refractivity contribution in [1.82, 2.24) is 9.97 Å². The third-order valence-electron chi connectivity index (χ3n) is 2.73. The van der Waals surface area contributed by atoms with Gasteiger partial charge in [-0.1, -0.05) is 6.92 Å². The summed E-state index contributed by atoms with van der Waals surface area (Å²) in [5, 5.41) is 14.2. The van der Waals surface area contributed by atoms with Crippen LogP contribution < -0.4 is 10.2 Å². The maximum atomic E-state index is 11.2. The van der Waals surface area contributed by atoms with E-state index in [9.17, 15) is 10.1 Å². The quantitative estimate of drug-likeness (QED) is 0.603. The molecule has 1 N–H and O–H groups in total. The molecule has 0 saturated heterocycles. The summed E-state index contributed by atoms with van der Waals surface area (Å²) in [5.74, 6) is 0.841. The first-order chi connectivity index (χ1) is 9.04. The summed E-state index contributed by atoms with van der Waals surface area (Å²) in [6.07, 6.45) is 0.907. The van der Waals surface area contributed by atoms with E-state index < -0.39 is 4.92 Å². The number of nitro groups is 1. The Morgan fingerprint density at radius 2 is 2.00 bits per heavy atom. The molecule has 0 amide bonds. The summed E-state index contributed by atoms with van der Waals surface area (Å²) in [4.78, 5) is 21.1. The minimum atomic E-state index is -0.404. The molecule has 1 aromatic heterocycles. The highest BCUT2D eigenvalue weighted by atomic mass is 16.6. The molecule has 7 nitrogen and oxygen atoms in total. The van der Waals surface area contributed by atoms with Gasteiger partial charge in [-0.25, -0.2) is 4.98 Å². The van der Waals surface area contributed by atoms with Crippen molar-refractivity contribution in [3.63, 3.8) is 0 Å². The smallest absolute Gasteiger partial charge is 0.332 e. The fourth-order valence-electron chi connectivity index (χ4n) is 1.91. The Hall–Kier alpha value is -1.92. The molecular formula is C12H21N5O2. The van der Waals surface area contributed by atoms with Gasteiger partial charge in [-0.2, -0.15) is 4.98 Å². The molecule has 0 aliphatic heterocycles. The average molecular weight is 267 g/mol. The molecule has 0 aliphatic rings. The SMILES string of the molecule is CCCN(CC)c1nc(NCC)nc(C)c1[N+](=O)[O-]. The van der Waals surface area contributed by atoms with E-state index in [1.54, 1.807) is 6.92 Å². The molecule has 0 aromatic carbocycles.